The Morgan fingerprint density at radius 1 is 1.00 bits per heavy atom. The van der Waals surface area contributed by atoms with Gasteiger partial charge in [-0.05, 0) is 60.9 Å². The molecule has 2 saturated heterocycles. The van der Waals surface area contributed by atoms with E-state index in [2.05, 4.69) is 10.3 Å². The van der Waals surface area contributed by atoms with E-state index in [1.807, 2.05) is 0 Å². The minimum Gasteiger partial charge on any atom is -0.379 e. The van der Waals surface area contributed by atoms with Crippen molar-refractivity contribution in [2.45, 2.75) is 36.0 Å². The van der Waals surface area contributed by atoms with E-state index >= 15 is 0 Å². The fraction of sp³-hybridized carbons (Fsp3) is 0.226. The van der Waals surface area contributed by atoms with Gasteiger partial charge in [0.25, 0.3) is 11.8 Å². The van der Waals surface area contributed by atoms with Crippen LogP contribution < -0.4 is 9.50 Å². The van der Waals surface area contributed by atoms with Gasteiger partial charge < -0.3 is 14.0 Å². The normalized spacial score (nSPS) is 17.8. The van der Waals surface area contributed by atoms with Gasteiger partial charge in [0.05, 0.1) is 10.6 Å². The van der Waals surface area contributed by atoms with Crippen LogP contribution in [0.4, 0.5) is 18.0 Å². The summed E-state index contributed by atoms with van der Waals surface area (Å²) in [5.74, 6) is -1.19. The number of nitrogens with zero attached hydrogens (tertiary/aromatic N) is 3. The number of hydrogen-bond donors (Lipinski definition) is 1. The Bertz CT molecular complexity index is 1960. The molecule has 0 aliphatic carbocycles. The summed E-state index contributed by atoms with van der Waals surface area (Å²) in [6.07, 6.45) is -1.18. The quantitative estimate of drug-likeness (QED) is 0.210. The molecular formula is C31H24ClF3N4O6S. The summed E-state index contributed by atoms with van der Waals surface area (Å²) < 4.78 is 71.5. The van der Waals surface area contributed by atoms with E-state index in [9.17, 15) is 36.0 Å². The summed E-state index contributed by atoms with van der Waals surface area (Å²) >= 11 is 5.68. The Morgan fingerprint density at radius 2 is 1.72 bits per heavy atom. The number of carbonyl (C=O) groups excluding carboxylic acids is 3. The van der Waals surface area contributed by atoms with Crippen molar-refractivity contribution in [1.29, 1.82) is 0 Å². The van der Waals surface area contributed by atoms with E-state index in [1.165, 1.54) is 58.6 Å². The molecule has 0 spiro atoms. The maximum atomic E-state index is 13.3. The zero-order valence-corrected chi connectivity index (χ0v) is 25.3. The number of rotatable bonds is 6. The molecule has 46 heavy (non-hydrogen) atoms. The number of piperidine rings is 1. The third-order valence-electron chi connectivity index (χ3n) is 7.97. The second kappa shape index (κ2) is 11.9. The summed E-state index contributed by atoms with van der Waals surface area (Å²) in [5.41, 5.74) is -0.863. The minimum absolute atomic E-state index is 0.00575. The number of carbonyl (C=O) groups is 3. The fourth-order valence-corrected chi connectivity index (χ4v) is 7.14. The van der Waals surface area contributed by atoms with Gasteiger partial charge in [-0.3, -0.25) is 19.9 Å². The molecule has 0 saturated carbocycles. The lowest BCUT2D eigenvalue weighted by Gasteiger charge is -2.38. The first kappa shape index (κ1) is 31.3. The molecule has 2 aliphatic rings. The first-order valence-corrected chi connectivity index (χ1v) is 15.8. The van der Waals surface area contributed by atoms with Crippen molar-refractivity contribution in [3.8, 4) is 5.75 Å². The van der Waals surface area contributed by atoms with E-state index in [4.69, 9.17) is 15.8 Å². The van der Waals surface area contributed by atoms with Crippen molar-refractivity contribution in [3.63, 3.8) is 0 Å². The van der Waals surface area contributed by atoms with Gasteiger partial charge in [-0.2, -0.15) is 21.6 Å². The molecular weight excluding hydrogens is 649 g/mol. The molecule has 0 bridgehead atoms. The number of fused-ring (bicyclic) bond motifs is 1. The van der Waals surface area contributed by atoms with Crippen molar-refractivity contribution in [3.05, 3.63) is 101 Å². The van der Waals surface area contributed by atoms with Crippen molar-refractivity contribution >= 4 is 50.3 Å². The number of amides is 4. The van der Waals surface area contributed by atoms with Crippen molar-refractivity contribution in [2.75, 3.05) is 13.1 Å². The Hall–Kier alpha value is -4.69. The van der Waals surface area contributed by atoms with E-state index < -0.39 is 56.8 Å². The Balaban J connectivity index is 1.15. The van der Waals surface area contributed by atoms with Gasteiger partial charge in [-0.15, -0.1) is 0 Å². The number of nitrogens with one attached hydrogen (secondary N) is 1. The van der Waals surface area contributed by atoms with Gasteiger partial charge in [0.15, 0.2) is 0 Å². The lowest BCUT2D eigenvalue weighted by Crippen LogP contribution is -2.48. The number of pyridine rings is 1. The SMILES string of the molecule is O=C1NC(=O)N(C2CCN(C(=O)c3ccc(Cl)c(C(F)(F)F)c3)CC2)C1c1ccc(OS(=O)(=O)c2cccc3cnccc23)cc1. The summed E-state index contributed by atoms with van der Waals surface area (Å²) in [6, 6.07) is 12.9. The molecule has 10 nitrogen and oxygen atoms in total. The molecule has 1 unspecified atom stereocenters. The maximum Gasteiger partial charge on any atom is 0.417 e. The number of aromatic nitrogens is 1. The number of benzene rings is 3. The zero-order valence-electron chi connectivity index (χ0n) is 23.7. The van der Waals surface area contributed by atoms with Crippen molar-refractivity contribution < 1.29 is 40.2 Å². The van der Waals surface area contributed by atoms with Gasteiger partial charge in [0.2, 0.25) is 0 Å². The van der Waals surface area contributed by atoms with Gasteiger partial charge in [0.1, 0.15) is 16.7 Å². The number of urea groups is 1. The number of imide groups is 1. The van der Waals surface area contributed by atoms with Crippen LogP contribution in [-0.4, -0.2) is 60.2 Å². The van der Waals surface area contributed by atoms with Crippen LogP contribution >= 0.6 is 11.6 Å². The molecule has 0 radical (unpaired) electrons. The Morgan fingerprint density at radius 3 is 2.41 bits per heavy atom. The van der Waals surface area contributed by atoms with Gasteiger partial charge in [-0.1, -0.05) is 35.9 Å². The Kier molecular flexibility index (Phi) is 8.11. The molecule has 1 aromatic heterocycles. The summed E-state index contributed by atoms with van der Waals surface area (Å²) in [5, 5.41) is 2.86. The third-order valence-corrected chi connectivity index (χ3v) is 9.60. The molecule has 4 aromatic rings. The minimum atomic E-state index is -4.72. The number of hydrogen-bond acceptors (Lipinski definition) is 7. The highest BCUT2D eigenvalue weighted by atomic mass is 35.5. The smallest absolute Gasteiger partial charge is 0.379 e. The number of halogens is 4. The van der Waals surface area contributed by atoms with Gasteiger partial charge in [-0.25, -0.2) is 4.79 Å². The van der Waals surface area contributed by atoms with Crippen molar-refractivity contribution in [1.82, 2.24) is 20.1 Å². The summed E-state index contributed by atoms with van der Waals surface area (Å²) in [4.78, 5) is 45.5. The van der Waals surface area contributed by atoms with Crippen LogP contribution in [0.3, 0.4) is 0 Å². The van der Waals surface area contributed by atoms with E-state index in [0.29, 0.717) is 16.3 Å². The van der Waals surface area contributed by atoms with E-state index in [1.54, 1.807) is 18.2 Å². The van der Waals surface area contributed by atoms with Crippen LogP contribution in [0, 0.1) is 0 Å². The molecule has 3 aromatic carbocycles. The molecule has 15 heteroatoms. The van der Waals surface area contributed by atoms with Gasteiger partial charge in [0, 0.05) is 47.9 Å². The largest absolute Gasteiger partial charge is 0.417 e. The molecule has 238 valence electrons. The van der Waals surface area contributed by atoms with Crippen LogP contribution in [0.25, 0.3) is 10.8 Å². The van der Waals surface area contributed by atoms with Crippen LogP contribution in [0.5, 0.6) is 5.75 Å². The molecule has 3 heterocycles. The molecule has 4 amide bonds. The lowest BCUT2D eigenvalue weighted by atomic mass is 9.98. The summed E-state index contributed by atoms with van der Waals surface area (Å²) in [7, 11) is -4.23. The van der Waals surface area contributed by atoms with E-state index in [-0.39, 0.29) is 42.1 Å². The number of likely N-dealkylation sites (tertiary alicyclic amines) is 1. The first-order valence-electron chi connectivity index (χ1n) is 14.0. The molecule has 1 atom stereocenters. The third kappa shape index (κ3) is 5.97. The van der Waals surface area contributed by atoms with Crippen LogP contribution in [-0.2, 0) is 21.1 Å². The van der Waals surface area contributed by atoms with Crippen LogP contribution in [0.2, 0.25) is 5.02 Å². The second-order valence-electron chi connectivity index (χ2n) is 10.8. The van der Waals surface area contributed by atoms with Crippen LogP contribution in [0.15, 0.2) is 84.0 Å². The summed E-state index contributed by atoms with van der Waals surface area (Å²) in [6.45, 7) is 0.264. The fourth-order valence-electron chi connectivity index (χ4n) is 5.76. The molecule has 2 fully saturated rings. The van der Waals surface area contributed by atoms with Crippen LogP contribution in [0.1, 0.15) is 40.4 Å². The monoisotopic (exact) mass is 672 g/mol. The predicted molar refractivity (Wildman–Crippen MR) is 159 cm³/mol. The highest BCUT2D eigenvalue weighted by Crippen LogP contribution is 2.36. The molecule has 2 aliphatic heterocycles. The Labute approximate surface area is 265 Å². The van der Waals surface area contributed by atoms with Gasteiger partial charge >= 0.3 is 22.3 Å². The predicted octanol–water partition coefficient (Wildman–Crippen LogP) is 5.57. The van der Waals surface area contributed by atoms with Crippen molar-refractivity contribution in [2.24, 2.45) is 0 Å². The second-order valence-corrected chi connectivity index (χ2v) is 12.7. The topological polar surface area (TPSA) is 126 Å². The molecule has 6 rings (SSSR count). The standard InChI is InChI=1S/C31H24ClF3N4O6S/c32-25-9-6-19(16-24(25)31(33,34)35)29(41)38-14-11-21(12-15-38)39-27(28(40)37-30(39)42)18-4-7-22(8-5-18)45-46(43,44)26-3-1-2-20-17-36-13-10-23(20)26/h1-10,13,16-17,21,27H,11-12,14-15H2,(H,37,40,42). The highest BCUT2D eigenvalue weighted by molar-refractivity contribution is 7.87. The average Bonchev–Trinajstić information content (AvgIpc) is 3.33. The molecule has 1 N–H and O–H groups in total. The number of alkyl halides is 3. The first-order chi connectivity index (χ1) is 21.8. The van der Waals surface area contributed by atoms with E-state index in [0.717, 1.165) is 12.1 Å². The average molecular weight is 673 g/mol. The highest BCUT2D eigenvalue weighted by Gasteiger charge is 2.44. The maximum absolute atomic E-state index is 13.3. The lowest BCUT2D eigenvalue weighted by molar-refractivity contribution is -0.137. The zero-order chi connectivity index (χ0) is 32.8.